The summed E-state index contributed by atoms with van der Waals surface area (Å²) in [5.41, 5.74) is 0.595. The van der Waals surface area contributed by atoms with Gasteiger partial charge in [0, 0.05) is 30.7 Å². The third kappa shape index (κ3) is 4.65. The van der Waals surface area contributed by atoms with E-state index in [2.05, 4.69) is 11.9 Å². The van der Waals surface area contributed by atoms with Crippen molar-refractivity contribution in [1.29, 1.82) is 0 Å². The van der Waals surface area contributed by atoms with Crippen LogP contribution in [0.15, 0.2) is 12.4 Å². The average molecular weight is 404 g/mol. The molecule has 2 aliphatic heterocycles. The van der Waals surface area contributed by atoms with E-state index in [1.807, 2.05) is 27.0 Å². The lowest BCUT2D eigenvalue weighted by Crippen LogP contribution is -2.51. The molecule has 160 valence electrons. The summed E-state index contributed by atoms with van der Waals surface area (Å²) in [6.45, 7) is 9.83. The molecule has 1 amide bonds. The summed E-state index contributed by atoms with van der Waals surface area (Å²) < 4.78 is 17.7. The number of aromatic nitrogens is 2. The van der Waals surface area contributed by atoms with Crippen LogP contribution in [0.25, 0.3) is 0 Å². The van der Waals surface area contributed by atoms with Crippen LogP contribution in [-0.4, -0.2) is 58.5 Å². The van der Waals surface area contributed by atoms with Crippen LogP contribution in [0.4, 0.5) is 4.79 Å². The molecule has 3 aliphatic rings. The molecule has 7 heteroatoms. The predicted octanol–water partition coefficient (Wildman–Crippen LogP) is 3.93. The monoisotopic (exact) mass is 403 g/mol. The van der Waals surface area contributed by atoms with Crippen LogP contribution in [0.2, 0.25) is 0 Å². The molecule has 1 aliphatic carbocycles. The Kier molecular flexibility index (Phi) is 5.44. The van der Waals surface area contributed by atoms with Gasteiger partial charge in [0.15, 0.2) is 0 Å². The number of carbonyl (C=O) groups is 1. The van der Waals surface area contributed by atoms with Gasteiger partial charge in [-0.25, -0.2) is 9.78 Å². The van der Waals surface area contributed by atoms with E-state index in [4.69, 9.17) is 19.2 Å². The zero-order valence-corrected chi connectivity index (χ0v) is 18.0. The standard InChI is InChI=1S/C22H33N3O4/c1-15-16(6-5-11-27-15)17-12-23-13-19(24-17)28-18-14-25(10-9-22(18)7-8-22)20(26)29-21(2,3)4/h12-13,15-16,18H,5-11,14H2,1-4H3/t15?,16?,18-/m0/s1. The van der Waals surface area contributed by atoms with Crippen LogP contribution in [0.3, 0.4) is 0 Å². The van der Waals surface area contributed by atoms with Crippen molar-refractivity contribution in [3.05, 3.63) is 18.1 Å². The zero-order chi connectivity index (χ0) is 20.6. The molecule has 0 radical (unpaired) electrons. The van der Waals surface area contributed by atoms with Crippen molar-refractivity contribution in [2.24, 2.45) is 5.41 Å². The molecule has 0 bridgehead atoms. The van der Waals surface area contributed by atoms with E-state index in [9.17, 15) is 4.79 Å². The fourth-order valence-electron chi connectivity index (χ4n) is 4.45. The van der Waals surface area contributed by atoms with Crippen LogP contribution in [0.5, 0.6) is 5.88 Å². The fourth-order valence-corrected chi connectivity index (χ4v) is 4.45. The Morgan fingerprint density at radius 1 is 1.28 bits per heavy atom. The predicted molar refractivity (Wildman–Crippen MR) is 108 cm³/mol. The SMILES string of the molecule is CC1OCCCC1c1cncc(O[C@H]2CN(C(=O)OC(C)(C)C)CCC23CC3)n1. The number of hydrogen-bond donors (Lipinski definition) is 0. The van der Waals surface area contributed by atoms with Crippen molar-refractivity contribution < 1.29 is 19.0 Å². The summed E-state index contributed by atoms with van der Waals surface area (Å²) in [4.78, 5) is 23.5. The van der Waals surface area contributed by atoms with Crippen molar-refractivity contribution in [2.75, 3.05) is 19.7 Å². The minimum absolute atomic E-state index is 0.0756. The largest absolute Gasteiger partial charge is 0.471 e. The van der Waals surface area contributed by atoms with E-state index in [1.54, 1.807) is 11.1 Å². The number of nitrogens with zero attached hydrogens (tertiary/aromatic N) is 3. The number of hydrogen-bond acceptors (Lipinski definition) is 6. The summed E-state index contributed by atoms with van der Waals surface area (Å²) in [6, 6.07) is 0. The molecule has 4 rings (SSSR count). The lowest BCUT2D eigenvalue weighted by Gasteiger charge is -2.39. The smallest absolute Gasteiger partial charge is 0.410 e. The highest BCUT2D eigenvalue weighted by Crippen LogP contribution is 2.54. The molecular weight excluding hydrogens is 370 g/mol. The lowest BCUT2D eigenvalue weighted by molar-refractivity contribution is -0.0125. The summed E-state index contributed by atoms with van der Waals surface area (Å²) >= 11 is 0. The zero-order valence-electron chi connectivity index (χ0n) is 18.0. The van der Waals surface area contributed by atoms with Crippen molar-refractivity contribution in [3.8, 4) is 5.88 Å². The van der Waals surface area contributed by atoms with Gasteiger partial charge in [-0.05, 0) is 59.8 Å². The summed E-state index contributed by atoms with van der Waals surface area (Å²) in [6.07, 6.45) is 8.61. The highest BCUT2D eigenvalue weighted by atomic mass is 16.6. The number of ether oxygens (including phenoxy) is 3. The Morgan fingerprint density at radius 3 is 2.76 bits per heavy atom. The first kappa shape index (κ1) is 20.4. The molecule has 29 heavy (non-hydrogen) atoms. The molecule has 3 fully saturated rings. The summed E-state index contributed by atoms with van der Waals surface area (Å²) in [7, 11) is 0. The van der Waals surface area contributed by atoms with E-state index in [1.165, 1.54) is 0 Å². The highest BCUT2D eigenvalue weighted by molar-refractivity contribution is 5.68. The Balaban J connectivity index is 1.46. The Labute approximate surface area is 173 Å². The molecule has 0 N–H and O–H groups in total. The summed E-state index contributed by atoms with van der Waals surface area (Å²) in [5.74, 6) is 0.793. The molecule has 1 aromatic heterocycles. The van der Waals surface area contributed by atoms with Crippen molar-refractivity contribution >= 4 is 6.09 Å². The van der Waals surface area contributed by atoms with Gasteiger partial charge in [0.2, 0.25) is 5.88 Å². The number of likely N-dealkylation sites (tertiary alicyclic amines) is 1. The molecule has 1 saturated carbocycles. The van der Waals surface area contributed by atoms with Gasteiger partial charge < -0.3 is 19.1 Å². The second kappa shape index (κ2) is 7.74. The molecule has 1 aromatic rings. The van der Waals surface area contributed by atoms with Gasteiger partial charge in [-0.2, -0.15) is 0 Å². The minimum atomic E-state index is -0.499. The lowest BCUT2D eigenvalue weighted by atomic mass is 9.90. The van der Waals surface area contributed by atoms with Crippen LogP contribution < -0.4 is 4.74 Å². The molecule has 2 saturated heterocycles. The fraction of sp³-hybridized carbons (Fsp3) is 0.773. The maximum absolute atomic E-state index is 12.5. The summed E-state index contributed by atoms with van der Waals surface area (Å²) in [5, 5.41) is 0. The molecule has 1 spiro atoms. The van der Waals surface area contributed by atoms with Gasteiger partial charge in [-0.3, -0.25) is 4.98 Å². The second-order valence-corrected chi connectivity index (χ2v) is 9.75. The van der Waals surface area contributed by atoms with E-state index >= 15 is 0 Å². The molecule has 0 aromatic carbocycles. The third-order valence-corrected chi connectivity index (χ3v) is 6.37. The molecular formula is C22H33N3O4. The van der Waals surface area contributed by atoms with Gasteiger partial charge in [0.1, 0.15) is 11.7 Å². The molecule has 3 atom stereocenters. The number of amides is 1. The van der Waals surface area contributed by atoms with Crippen LogP contribution >= 0.6 is 0 Å². The van der Waals surface area contributed by atoms with Gasteiger partial charge in [-0.1, -0.05) is 0 Å². The number of rotatable bonds is 3. The minimum Gasteiger partial charge on any atom is -0.471 e. The van der Waals surface area contributed by atoms with Gasteiger partial charge >= 0.3 is 6.09 Å². The number of carbonyl (C=O) groups excluding carboxylic acids is 1. The van der Waals surface area contributed by atoms with E-state index in [0.717, 1.165) is 50.9 Å². The van der Waals surface area contributed by atoms with Crippen molar-refractivity contribution in [2.45, 2.75) is 83.5 Å². The first-order valence-corrected chi connectivity index (χ1v) is 10.8. The molecule has 3 heterocycles. The van der Waals surface area contributed by atoms with Crippen molar-refractivity contribution in [1.82, 2.24) is 14.9 Å². The highest BCUT2D eigenvalue weighted by Gasteiger charge is 2.54. The Bertz CT molecular complexity index is 744. The maximum atomic E-state index is 12.5. The first-order valence-electron chi connectivity index (χ1n) is 10.8. The van der Waals surface area contributed by atoms with Crippen LogP contribution in [0.1, 0.15) is 71.4 Å². The first-order chi connectivity index (χ1) is 13.8. The normalized spacial score (nSPS) is 28.8. The second-order valence-electron chi connectivity index (χ2n) is 9.75. The van der Waals surface area contributed by atoms with Gasteiger partial charge in [0.25, 0.3) is 0 Å². The molecule has 2 unspecified atom stereocenters. The third-order valence-electron chi connectivity index (χ3n) is 6.37. The van der Waals surface area contributed by atoms with Crippen LogP contribution in [0, 0.1) is 5.41 Å². The van der Waals surface area contributed by atoms with E-state index in [-0.39, 0.29) is 29.6 Å². The molecule has 7 nitrogen and oxygen atoms in total. The Morgan fingerprint density at radius 2 is 2.07 bits per heavy atom. The Hall–Kier alpha value is -1.89. The topological polar surface area (TPSA) is 73.8 Å². The van der Waals surface area contributed by atoms with E-state index in [0.29, 0.717) is 12.4 Å². The van der Waals surface area contributed by atoms with Crippen molar-refractivity contribution in [3.63, 3.8) is 0 Å². The van der Waals surface area contributed by atoms with E-state index < -0.39 is 5.60 Å². The quantitative estimate of drug-likeness (QED) is 0.761. The maximum Gasteiger partial charge on any atom is 0.410 e. The number of piperidine rings is 1. The average Bonchev–Trinajstić information content (AvgIpc) is 3.43. The van der Waals surface area contributed by atoms with Crippen LogP contribution in [-0.2, 0) is 9.47 Å². The van der Waals surface area contributed by atoms with Gasteiger partial charge in [-0.15, -0.1) is 0 Å². The van der Waals surface area contributed by atoms with Gasteiger partial charge in [0.05, 0.1) is 24.5 Å².